The number of guanidine groups is 1. The zero-order valence-electron chi connectivity index (χ0n) is 16.6. The minimum atomic E-state index is 0.488. The van der Waals surface area contributed by atoms with Crippen LogP contribution in [0.1, 0.15) is 23.2 Å². The fourth-order valence-electron chi connectivity index (χ4n) is 2.57. The van der Waals surface area contributed by atoms with Crippen LogP contribution in [0.4, 0.5) is 0 Å². The molecule has 27 heavy (non-hydrogen) atoms. The number of hydrogen-bond acceptors (Lipinski definition) is 6. The summed E-state index contributed by atoms with van der Waals surface area (Å²) in [6.07, 6.45) is 0.860. The Bertz CT molecular complexity index is 736. The van der Waals surface area contributed by atoms with E-state index in [9.17, 15) is 0 Å². The summed E-state index contributed by atoms with van der Waals surface area (Å²) in [5.74, 6) is 2.59. The maximum absolute atomic E-state index is 5.40. The minimum absolute atomic E-state index is 0.488. The number of aromatic nitrogens is 1. The molecule has 148 valence electrons. The van der Waals surface area contributed by atoms with E-state index in [4.69, 9.17) is 14.2 Å². The zero-order valence-corrected chi connectivity index (χ0v) is 17.4. The standard InChI is InChI=1S/C19H28N4O3S/c1-6-20-19(21-8-7-15-12-27-13(2)23-15)22-11-14-9-16(24-3)18(26-5)17(10-14)25-4/h9-10,12H,6-8,11H2,1-5H3,(H2,20,21,22). The fraction of sp³-hybridized carbons (Fsp3) is 0.474. The highest BCUT2D eigenvalue weighted by Crippen LogP contribution is 2.38. The molecule has 0 radical (unpaired) electrons. The summed E-state index contributed by atoms with van der Waals surface area (Å²) in [6, 6.07) is 3.82. The smallest absolute Gasteiger partial charge is 0.203 e. The number of aliphatic imine (C=N–C) groups is 1. The maximum Gasteiger partial charge on any atom is 0.203 e. The Morgan fingerprint density at radius 1 is 1.11 bits per heavy atom. The van der Waals surface area contributed by atoms with Crippen molar-refractivity contribution in [1.29, 1.82) is 0 Å². The van der Waals surface area contributed by atoms with Crippen molar-refractivity contribution < 1.29 is 14.2 Å². The first-order chi connectivity index (χ1) is 13.1. The maximum atomic E-state index is 5.40. The Kier molecular flexibility index (Phi) is 8.19. The van der Waals surface area contributed by atoms with Gasteiger partial charge in [-0.3, -0.25) is 0 Å². The van der Waals surface area contributed by atoms with Gasteiger partial charge >= 0.3 is 0 Å². The predicted octanol–water partition coefficient (Wildman–Crippen LogP) is 2.78. The Hall–Kier alpha value is -2.48. The van der Waals surface area contributed by atoms with Crippen LogP contribution in [0.3, 0.4) is 0 Å². The van der Waals surface area contributed by atoms with Gasteiger partial charge < -0.3 is 24.8 Å². The number of methoxy groups -OCH3 is 3. The van der Waals surface area contributed by atoms with Gasteiger partial charge in [0.25, 0.3) is 0 Å². The van der Waals surface area contributed by atoms with E-state index in [1.165, 1.54) is 0 Å². The molecule has 0 aliphatic heterocycles. The molecule has 0 aliphatic carbocycles. The van der Waals surface area contributed by atoms with Gasteiger partial charge in [0.15, 0.2) is 17.5 Å². The second kappa shape index (κ2) is 10.6. The number of rotatable bonds is 9. The van der Waals surface area contributed by atoms with Gasteiger partial charge in [-0.2, -0.15) is 0 Å². The van der Waals surface area contributed by atoms with Gasteiger partial charge in [-0.25, -0.2) is 9.98 Å². The Labute approximate surface area is 164 Å². The number of hydrogen-bond donors (Lipinski definition) is 2. The molecule has 0 spiro atoms. The van der Waals surface area contributed by atoms with Crippen LogP contribution in [0.25, 0.3) is 0 Å². The summed E-state index contributed by atoms with van der Waals surface area (Å²) < 4.78 is 16.2. The SMILES string of the molecule is CCNC(=NCc1cc(OC)c(OC)c(OC)c1)NCCc1csc(C)n1. The van der Waals surface area contributed by atoms with Crippen LogP contribution in [-0.4, -0.2) is 45.4 Å². The third kappa shape index (κ3) is 6.02. The van der Waals surface area contributed by atoms with Crippen LogP contribution >= 0.6 is 11.3 Å². The summed E-state index contributed by atoms with van der Waals surface area (Å²) in [5, 5.41) is 9.79. The van der Waals surface area contributed by atoms with Crippen molar-refractivity contribution in [1.82, 2.24) is 15.6 Å². The molecule has 0 aliphatic rings. The lowest BCUT2D eigenvalue weighted by molar-refractivity contribution is 0.324. The van der Waals surface area contributed by atoms with E-state index in [-0.39, 0.29) is 0 Å². The lowest BCUT2D eigenvalue weighted by atomic mass is 10.2. The monoisotopic (exact) mass is 392 g/mol. The van der Waals surface area contributed by atoms with Crippen molar-refractivity contribution in [3.8, 4) is 17.2 Å². The first-order valence-electron chi connectivity index (χ1n) is 8.83. The first-order valence-corrected chi connectivity index (χ1v) is 9.71. The van der Waals surface area contributed by atoms with E-state index in [2.05, 4.69) is 26.0 Å². The van der Waals surface area contributed by atoms with Gasteiger partial charge in [0.2, 0.25) is 5.75 Å². The third-order valence-corrected chi connectivity index (χ3v) is 4.65. The molecule has 0 saturated carbocycles. The van der Waals surface area contributed by atoms with Gasteiger partial charge in [-0.05, 0) is 31.5 Å². The number of aryl methyl sites for hydroxylation is 1. The van der Waals surface area contributed by atoms with Crippen LogP contribution in [0.5, 0.6) is 17.2 Å². The normalized spacial score (nSPS) is 11.2. The molecule has 0 fully saturated rings. The number of ether oxygens (including phenoxy) is 3. The van der Waals surface area contributed by atoms with Gasteiger partial charge in [0.05, 0.1) is 38.6 Å². The topological polar surface area (TPSA) is 77.0 Å². The molecule has 7 nitrogen and oxygen atoms in total. The Balaban J connectivity index is 2.04. The Morgan fingerprint density at radius 2 is 1.81 bits per heavy atom. The number of nitrogens with zero attached hydrogens (tertiary/aromatic N) is 2. The van der Waals surface area contributed by atoms with E-state index >= 15 is 0 Å². The molecule has 1 heterocycles. The Morgan fingerprint density at radius 3 is 2.33 bits per heavy atom. The highest BCUT2D eigenvalue weighted by Gasteiger charge is 2.13. The molecule has 0 bridgehead atoms. The summed E-state index contributed by atoms with van der Waals surface area (Å²) in [4.78, 5) is 9.13. The van der Waals surface area contributed by atoms with Crippen LogP contribution in [-0.2, 0) is 13.0 Å². The molecule has 0 atom stereocenters. The molecule has 8 heteroatoms. The predicted molar refractivity (Wildman–Crippen MR) is 109 cm³/mol. The van der Waals surface area contributed by atoms with Crippen molar-refractivity contribution in [2.45, 2.75) is 26.8 Å². The van der Waals surface area contributed by atoms with E-state index < -0.39 is 0 Å². The quantitative estimate of drug-likeness (QED) is 0.505. The van der Waals surface area contributed by atoms with E-state index in [0.717, 1.165) is 41.7 Å². The number of thiazole rings is 1. The van der Waals surface area contributed by atoms with Crippen LogP contribution in [0.15, 0.2) is 22.5 Å². The third-order valence-electron chi connectivity index (χ3n) is 3.83. The lowest BCUT2D eigenvalue weighted by Gasteiger charge is -2.14. The van der Waals surface area contributed by atoms with E-state index in [0.29, 0.717) is 23.8 Å². The average molecular weight is 393 g/mol. The molecule has 2 aromatic rings. The van der Waals surface area contributed by atoms with Crippen LogP contribution in [0, 0.1) is 6.92 Å². The summed E-state index contributed by atoms with van der Waals surface area (Å²) in [6.45, 7) is 6.11. The molecular formula is C19H28N4O3S. The van der Waals surface area contributed by atoms with Gasteiger partial charge in [-0.1, -0.05) is 0 Å². The van der Waals surface area contributed by atoms with Crippen LogP contribution in [0.2, 0.25) is 0 Å². The van der Waals surface area contributed by atoms with Crippen molar-refractivity contribution in [3.05, 3.63) is 33.8 Å². The number of nitrogens with one attached hydrogen (secondary N) is 2. The first kappa shape index (κ1) is 20.8. The molecule has 2 rings (SSSR count). The molecule has 0 amide bonds. The van der Waals surface area contributed by atoms with Crippen molar-refractivity contribution in [3.63, 3.8) is 0 Å². The van der Waals surface area contributed by atoms with Crippen LogP contribution < -0.4 is 24.8 Å². The fourth-order valence-corrected chi connectivity index (χ4v) is 3.22. The summed E-state index contributed by atoms with van der Waals surface area (Å²) >= 11 is 1.67. The van der Waals surface area contributed by atoms with E-state index in [1.54, 1.807) is 32.7 Å². The molecule has 0 unspecified atom stereocenters. The van der Waals surface area contributed by atoms with Crippen molar-refractivity contribution >= 4 is 17.3 Å². The summed E-state index contributed by atoms with van der Waals surface area (Å²) in [5.41, 5.74) is 2.07. The number of benzene rings is 1. The van der Waals surface area contributed by atoms with Crippen molar-refractivity contribution in [2.24, 2.45) is 4.99 Å². The van der Waals surface area contributed by atoms with Crippen molar-refractivity contribution in [2.75, 3.05) is 34.4 Å². The molecular weight excluding hydrogens is 364 g/mol. The lowest BCUT2D eigenvalue weighted by Crippen LogP contribution is -2.38. The molecule has 1 aromatic heterocycles. The second-order valence-electron chi connectivity index (χ2n) is 5.76. The van der Waals surface area contributed by atoms with Gasteiger partial charge in [0, 0.05) is 24.9 Å². The zero-order chi connectivity index (χ0) is 19.6. The van der Waals surface area contributed by atoms with E-state index in [1.807, 2.05) is 26.0 Å². The summed E-state index contributed by atoms with van der Waals surface area (Å²) in [7, 11) is 4.81. The van der Waals surface area contributed by atoms with Gasteiger partial charge in [0.1, 0.15) is 0 Å². The highest BCUT2D eigenvalue weighted by molar-refractivity contribution is 7.09. The van der Waals surface area contributed by atoms with Gasteiger partial charge in [-0.15, -0.1) is 11.3 Å². The largest absolute Gasteiger partial charge is 0.493 e. The molecule has 0 saturated heterocycles. The minimum Gasteiger partial charge on any atom is -0.493 e. The molecule has 2 N–H and O–H groups in total. The molecule has 1 aromatic carbocycles. The second-order valence-corrected chi connectivity index (χ2v) is 6.83. The average Bonchev–Trinajstić information content (AvgIpc) is 3.10. The highest BCUT2D eigenvalue weighted by atomic mass is 32.1.